The van der Waals surface area contributed by atoms with Crippen molar-refractivity contribution >= 4 is 46.7 Å². The number of carbonyl (C=O) groups is 4. The third-order valence-electron chi connectivity index (χ3n) is 5.76. The van der Waals surface area contributed by atoms with E-state index in [1.54, 1.807) is 0 Å². The molecule has 1 heterocycles. The number of nitrogens with zero attached hydrogens (tertiary/aromatic N) is 2. The fourth-order valence-corrected chi connectivity index (χ4v) is 4.19. The maximum absolute atomic E-state index is 13.7. The molecule has 1 atom stereocenters. The van der Waals surface area contributed by atoms with Crippen molar-refractivity contribution in [3.63, 3.8) is 0 Å². The second kappa shape index (κ2) is 11.6. The molecule has 1 aliphatic rings. The second-order valence-electron chi connectivity index (χ2n) is 8.35. The van der Waals surface area contributed by atoms with E-state index in [9.17, 15) is 23.6 Å². The van der Waals surface area contributed by atoms with Crippen molar-refractivity contribution in [2.24, 2.45) is 0 Å². The van der Waals surface area contributed by atoms with Gasteiger partial charge in [0.15, 0.2) is 5.11 Å². The highest BCUT2D eigenvalue weighted by atomic mass is 32.1. The van der Waals surface area contributed by atoms with E-state index in [4.69, 9.17) is 12.2 Å². The van der Waals surface area contributed by atoms with E-state index >= 15 is 0 Å². The molecule has 3 aromatic carbocycles. The SMILES string of the molecule is COC(=O)c1ccc(NC(=O)CC2C(=O)N(Cc3ccccc3)C(=S)N2NC(=O)c2cccc(F)c2)cc1. The van der Waals surface area contributed by atoms with Crippen molar-refractivity contribution in [3.8, 4) is 0 Å². The predicted octanol–water partition coefficient (Wildman–Crippen LogP) is 3.28. The Bertz CT molecular complexity index is 1380. The first-order valence-corrected chi connectivity index (χ1v) is 11.9. The van der Waals surface area contributed by atoms with E-state index < -0.39 is 35.5 Å². The first-order valence-electron chi connectivity index (χ1n) is 11.5. The number of ether oxygens (including phenoxy) is 1. The largest absolute Gasteiger partial charge is 0.465 e. The number of thiocarbonyl (C=S) groups is 1. The Kier molecular flexibility index (Phi) is 8.07. The van der Waals surface area contributed by atoms with E-state index in [1.807, 2.05) is 30.3 Å². The molecule has 1 unspecified atom stereocenters. The molecule has 1 fully saturated rings. The molecule has 0 radical (unpaired) electrons. The lowest BCUT2D eigenvalue weighted by molar-refractivity contribution is -0.131. The van der Waals surface area contributed by atoms with E-state index in [1.165, 1.54) is 54.5 Å². The van der Waals surface area contributed by atoms with Crippen LogP contribution in [0.3, 0.4) is 0 Å². The molecule has 4 rings (SSSR count). The molecule has 38 heavy (non-hydrogen) atoms. The summed E-state index contributed by atoms with van der Waals surface area (Å²) in [4.78, 5) is 52.1. The second-order valence-corrected chi connectivity index (χ2v) is 8.72. The zero-order chi connectivity index (χ0) is 27.2. The maximum Gasteiger partial charge on any atom is 0.337 e. The molecule has 194 valence electrons. The normalized spacial score (nSPS) is 14.8. The molecule has 11 heteroatoms. The number of hydrogen-bond acceptors (Lipinski definition) is 6. The van der Waals surface area contributed by atoms with Crippen LogP contribution in [0.4, 0.5) is 10.1 Å². The van der Waals surface area contributed by atoms with Crippen LogP contribution in [0.25, 0.3) is 0 Å². The summed E-state index contributed by atoms with van der Waals surface area (Å²) in [5, 5.41) is 3.84. The summed E-state index contributed by atoms with van der Waals surface area (Å²) in [7, 11) is 1.26. The standard InChI is InChI=1S/C27H23FN4O5S/c1-37-26(36)18-10-12-21(13-11-18)29-23(33)15-22-25(35)31(16-17-6-3-2-4-7-17)27(38)32(22)30-24(34)19-8-5-9-20(28)14-19/h2-14,22H,15-16H2,1H3,(H,29,33)(H,30,34). The number of esters is 1. The van der Waals surface area contributed by atoms with Crippen LogP contribution in [-0.4, -0.2) is 51.9 Å². The Morgan fingerprint density at radius 1 is 0.974 bits per heavy atom. The fourth-order valence-electron chi connectivity index (χ4n) is 3.86. The van der Waals surface area contributed by atoms with E-state index in [-0.39, 0.29) is 23.6 Å². The van der Waals surface area contributed by atoms with E-state index in [2.05, 4.69) is 15.5 Å². The Labute approximate surface area is 223 Å². The van der Waals surface area contributed by atoms with Gasteiger partial charge >= 0.3 is 5.97 Å². The molecule has 0 spiro atoms. The van der Waals surface area contributed by atoms with Crippen LogP contribution >= 0.6 is 12.2 Å². The summed E-state index contributed by atoms with van der Waals surface area (Å²) in [6.45, 7) is 0.137. The van der Waals surface area contributed by atoms with Crippen molar-refractivity contribution in [1.29, 1.82) is 0 Å². The van der Waals surface area contributed by atoms with Crippen LogP contribution in [0.2, 0.25) is 0 Å². The van der Waals surface area contributed by atoms with E-state index in [0.29, 0.717) is 11.3 Å². The zero-order valence-electron chi connectivity index (χ0n) is 20.2. The highest BCUT2D eigenvalue weighted by molar-refractivity contribution is 7.80. The highest BCUT2D eigenvalue weighted by Crippen LogP contribution is 2.23. The molecule has 0 aliphatic carbocycles. The summed E-state index contributed by atoms with van der Waals surface area (Å²) in [6.07, 6.45) is -0.341. The van der Waals surface area contributed by atoms with Crippen molar-refractivity contribution in [1.82, 2.24) is 15.3 Å². The van der Waals surface area contributed by atoms with Gasteiger partial charge in [-0.25, -0.2) is 14.2 Å². The molecule has 9 nitrogen and oxygen atoms in total. The zero-order valence-corrected chi connectivity index (χ0v) is 21.0. The number of rotatable bonds is 8. The van der Waals surface area contributed by atoms with Crippen molar-refractivity contribution in [3.05, 3.63) is 101 Å². The number of hydrogen-bond donors (Lipinski definition) is 2. The van der Waals surface area contributed by atoms with Gasteiger partial charge in [-0.05, 0) is 60.2 Å². The Balaban J connectivity index is 1.53. The molecule has 0 aromatic heterocycles. The molecule has 1 saturated heterocycles. The van der Waals surface area contributed by atoms with E-state index in [0.717, 1.165) is 16.6 Å². The molecular formula is C27H23FN4O5S. The summed E-state index contributed by atoms with van der Waals surface area (Å²) >= 11 is 5.51. The van der Waals surface area contributed by atoms with Crippen molar-refractivity contribution in [2.45, 2.75) is 19.0 Å². The van der Waals surface area contributed by atoms with Gasteiger partial charge in [-0.1, -0.05) is 36.4 Å². The predicted molar refractivity (Wildman–Crippen MR) is 140 cm³/mol. The lowest BCUT2D eigenvalue weighted by Gasteiger charge is -2.24. The van der Waals surface area contributed by atoms with Gasteiger partial charge in [-0.3, -0.25) is 24.7 Å². The molecule has 0 saturated carbocycles. The van der Waals surface area contributed by atoms with Crippen LogP contribution in [0, 0.1) is 5.82 Å². The lowest BCUT2D eigenvalue weighted by atomic mass is 10.1. The van der Waals surface area contributed by atoms with Crippen molar-refractivity contribution in [2.75, 3.05) is 12.4 Å². The van der Waals surface area contributed by atoms with Gasteiger partial charge in [-0.15, -0.1) is 0 Å². The van der Waals surface area contributed by atoms with Crippen molar-refractivity contribution < 1.29 is 28.3 Å². The summed E-state index contributed by atoms with van der Waals surface area (Å²) in [5.74, 6) is -2.81. The molecule has 3 aromatic rings. The number of amides is 3. The van der Waals surface area contributed by atoms with Gasteiger partial charge in [0.25, 0.3) is 11.8 Å². The number of halogens is 1. The highest BCUT2D eigenvalue weighted by Gasteiger charge is 2.44. The van der Waals surface area contributed by atoms with Gasteiger partial charge in [0.05, 0.1) is 25.6 Å². The number of hydrazine groups is 1. The molecule has 2 N–H and O–H groups in total. The number of benzene rings is 3. The minimum atomic E-state index is -1.14. The van der Waals surface area contributed by atoms with Gasteiger partial charge in [0, 0.05) is 11.3 Å². The van der Waals surface area contributed by atoms with Crippen LogP contribution in [-0.2, 0) is 20.9 Å². The minimum Gasteiger partial charge on any atom is -0.465 e. The topological polar surface area (TPSA) is 108 Å². The average Bonchev–Trinajstić information content (AvgIpc) is 3.13. The van der Waals surface area contributed by atoms with Gasteiger partial charge < -0.3 is 10.1 Å². The summed E-state index contributed by atoms with van der Waals surface area (Å²) in [5.41, 5.74) is 4.09. The number of methoxy groups -OCH3 is 1. The number of nitrogens with one attached hydrogen (secondary N) is 2. The summed E-state index contributed by atoms with van der Waals surface area (Å²) in [6, 6.07) is 19.1. The molecule has 1 aliphatic heterocycles. The quantitative estimate of drug-likeness (QED) is 0.337. The molecular weight excluding hydrogens is 511 g/mol. The third-order valence-corrected chi connectivity index (χ3v) is 6.18. The third kappa shape index (κ3) is 6.01. The Morgan fingerprint density at radius 2 is 1.68 bits per heavy atom. The number of anilines is 1. The van der Waals surface area contributed by atoms with Crippen LogP contribution < -0.4 is 10.7 Å². The Morgan fingerprint density at radius 3 is 2.34 bits per heavy atom. The first kappa shape index (κ1) is 26.4. The van der Waals surface area contributed by atoms with Crippen LogP contribution in [0.15, 0.2) is 78.9 Å². The number of carbonyl (C=O) groups excluding carboxylic acids is 4. The fraction of sp³-hybridized carbons (Fsp3) is 0.148. The van der Waals surface area contributed by atoms with Crippen LogP contribution in [0.5, 0.6) is 0 Å². The maximum atomic E-state index is 13.7. The van der Waals surface area contributed by atoms with Gasteiger partial charge in [0.1, 0.15) is 11.9 Å². The molecule has 3 amide bonds. The molecule has 0 bridgehead atoms. The minimum absolute atomic E-state index is 0.00355. The van der Waals surface area contributed by atoms with Crippen LogP contribution in [0.1, 0.15) is 32.7 Å². The first-order chi connectivity index (χ1) is 18.3. The van der Waals surface area contributed by atoms with Gasteiger partial charge in [0.2, 0.25) is 5.91 Å². The lowest BCUT2D eigenvalue weighted by Crippen LogP contribution is -2.49. The van der Waals surface area contributed by atoms with Gasteiger partial charge in [-0.2, -0.15) is 0 Å². The smallest absolute Gasteiger partial charge is 0.337 e. The Hall–Kier alpha value is -4.64. The summed E-state index contributed by atoms with van der Waals surface area (Å²) < 4.78 is 18.3. The average molecular weight is 535 g/mol. The monoisotopic (exact) mass is 534 g/mol.